The number of nitrogen functional groups attached to an aromatic ring is 4. The molecule has 109 heavy (non-hydrogen) atoms. The Kier molecular flexibility index (Phi) is 25.9. The van der Waals surface area contributed by atoms with Crippen LogP contribution in [-0.2, 0) is 38.1 Å². The molecule has 8 aromatic heterocycles. The Balaban J connectivity index is 0.000000144. The molecule has 5 fully saturated rings. The van der Waals surface area contributed by atoms with E-state index in [1.165, 1.54) is 37.7 Å². The van der Waals surface area contributed by atoms with Crippen molar-refractivity contribution in [2.24, 2.45) is 34.8 Å². The summed E-state index contributed by atoms with van der Waals surface area (Å²) in [4.78, 5) is 84.2. The predicted octanol–water partition coefficient (Wildman–Crippen LogP) is -3.68. The molecule has 14 rings (SSSR count). The molecule has 0 radical (unpaired) electrons. The van der Waals surface area contributed by atoms with Crippen LogP contribution in [0.15, 0.2) is 105 Å². The van der Waals surface area contributed by atoms with Crippen LogP contribution in [0.2, 0.25) is 0 Å². The van der Waals surface area contributed by atoms with E-state index in [1.807, 2.05) is 26.8 Å². The number of pyridine rings is 4. The van der Waals surface area contributed by atoms with Crippen molar-refractivity contribution in [3.8, 4) is 0 Å². The van der Waals surface area contributed by atoms with Crippen LogP contribution in [0.5, 0.6) is 0 Å². The number of ether oxygens (including phenoxy) is 4. The highest BCUT2D eigenvalue weighted by Crippen LogP contribution is 2.38. The minimum atomic E-state index is -1.16. The molecular weight excluding hydrogens is 1420 g/mol. The summed E-state index contributed by atoms with van der Waals surface area (Å²) >= 11 is 0. The minimum Gasteiger partial charge on any atom is -0.397 e. The molecule has 12 heterocycles. The molecule has 20 atom stereocenters. The van der Waals surface area contributed by atoms with E-state index in [0.29, 0.717) is 85.8 Å². The lowest BCUT2D eigenvalue weighted by atomic mass is 10.0. The van der Waals surface area contributed by atoms with Gasteiger partial charge in [0.15, 0.2) is 47.5 Å². The monoisotopic (exact) mass is 1520 g/mol. The number of unbranched alkanes of at least 4 members (excludes halogenated alkanes) is 1. The van der Waals surface area contributed by atoms with E-state index in [9.17, 15) is 60.0 Å². The molecule has 5 aliphatic rings. The number of nitrogens with two attached hydrogens (primary N) is 8. The zero-order valence-corrected chi connectivity index (χ0v) is 59.9. The highest BCUT2D eigenvalue weighted by molar-refractivity contribution is 5.88. The normalized spacial score (nSPS) is 26.9. The summed E-state index contributed by atoms with van der Waals surface area (Å²) in [6.45, 7) is 4.36. The Labute approximate surface area is 622 Å². The van der Waals surface area contributed by atoms with Gasteiger partial charge in [0.2, 0.25) is 23.6 Å². The first-order valence-electron chi connectivity index (χ1n) is 35.7. The molecule has 8 unspecified atom stereocenters. The molecule has 4 saturated heterocycles. The average molecular weight is 1520 g/mol. The second-order valence-corrected chi connectivity index (χ2v) is 27.7. The van der Waals surface area contributed by atoms with Crippen molar-refractivity contribution in [2.75, 3.05) is 49.4 Å². The van der Waals surface area contributed by atoms with Gasteiger partial charge >= 0.3 is 0 Å². The number of benzene rings is 1. The number of anilines is 4. The van der Waals surface area contributed by atoms with Crippen LogP contribution in [-0.4, -0.2) is 240 Å². The van der Waals surface area contributed by atoms with Gasteiger partial charge in [-0.1, -0.05) is 63.9 Å². The lowest BCUT2D eigenvalue weighted by Crippen LogP contribution is -2.52. The Morgan fingerprint density at radius 1 is 0.459 bits per heavy atom. The number of aliphatic hydroxyl groups is 8. The largest absolute Gasteiger partial charge is 0.397 e. The van der Waals surface area contributed by atoms with Gasteiger partial charge in [0.05, 0.1) is 92.6 Å². The summed E-state index contributed by atoms with van der Waals surface area (Å²) in [6, 6.07) is 9.15. The van der Waals surface area contributed by atoms with E-state index in [4.69, 9.17) is 64.8 Å². The number of aromatic nitrogens is 12. The molecule has 4 amide bonds. The van der Waals surface area contributed by atoms with Crippen molar-refractivity contribution in [1.82, 2.24) is 79.4 Å². The van der Waals surface area contributed by atoms with Gasteiger partial charge in [-0.2, -0.15) is 0 Å². The van der Waals surface area contributed by atoms with Crippen molar-refractivity contribution < 1.29 is 79.0 Å². The molecule has 1 aromatic carbocycles. The molecule has 588 valence electrons. The maximum Gasteiger partial charge on any atom is 0.241 e. The van der Waals surface area contributed by atoms with Crippen LogP contribution in [0.1, 0.15) is 95.8 Å². The first kappa shape index (κ1) is 80.2. The third kappa shape index (κ3) is 17.3. The van der Waals surface area contributed by atoms with Gasteiger partial charge in [0.1, 0.15) is 101 Å². The number of carbonyl (C=O) groups is 4. The number of nitrogens with one attached hydrogen (secondary N) is 4. The molecule has 1 saturated carbocycles. The smallest absolute Gasteiger partial charge is 0.241 e. The SMILES string of the molecule is CC(C)CC(N)C(=O)NC1[C@@H](O)[C@@H](CO)O[C@H]1n1cnc2c(N)ccnc21.CCCCC(N)C(=O)NC1[C@@H](O)[C@@H](CO)O[C@H]1n1cnc2c(N)ccnc21.Nc1ccnc2c1ncn2[C@@H]1O[C@H](CO)[C@H](O)C1NC(=O)C(N)C1CC1.Nc1ccnc2c1ncn2[C@@H]1O[C@H](CO)[C@H](O)C1NC(=O)C(N)c1ccccc1. The summed E-state index contributed by atoms with van der Waals surface area (Å²) in [7, 11) is 0. The van der Waals surface area contributed by atoms with Crippen LogP contribution < -0.4 is 67.1 Å². The summed E-state index contributed by atoms with van der Waals surface area (Å²) < 4.78 is 29.5. The van der Waals surface area contributed by atoms with E-state index < -0.39 is 154 Å². The van der Waals surface area contributed by atoms with Gasteiger partial charge in [-0.3, -0.25) is 37.4 Å². The molecule has 40 nitrogen and oxygen atoms in total. The Bertz CT molecular complexity index is 4570. The van der Waals surface area contributed by atoms with Crippen LogP contribution in [0, 0.1) is 11.8 Å². The fraction of sp³-hybridized carbons (Fsp3) is 0.507. The summed E-state index contributed by atoms with van der Waals surface area (Å²) in [5, 5.41) is 91.3. The van der Waals surface area contributed by atoms with Crippen molar-refractivity contribution in [3.63, 3.8) is 0 Å². The standard InChI is InChI=1S/C19H22N6O4.2C17H26N6O4.C16H22N6O4/c20-11-6-7-22-17-14(11)23-9-25(17)19-15(16(27)12(8-26)29-19)24-18(28)13(21)10-4-2-1-3-5-10;1-8(2)5-10(19)16(26)22-13-14(25)11(6-24)27-17(13)23-7-21-12-9(18)3-4-20-15(12)23;1-2-3-4-10(19)16(26)22-13-14(25)11(7-24)27-17(13)23-8-21-12-9(18)5-6-20-15(12)23;17-8-3-4-19-14-11(8)20-6-22(14)16-12(13(24)9(5-23)26-16)21-15(25)10(18)7-1-2-7/h1-7,9,12-13,15-16,19,26-27H,8,21H2,(H2,20,22)(H,24,28);3-4,7-8,10-11,13-14,17,24-25H,5-6,19H2,1-2H3,(H2,18,20)(H,22,26);5-6,8,10-11,13-14,17,24-25H,2-4,7,19H2,1H3,(H2,18,20)(H,22,26);3-4,6-7,9-10,12-13,16,23-24H,1-2,5,18H2,(H2,17,19)(H,21,25)/t12-,13?,15?,16+,19-;2*10?,11-,13?,14+,17-;9-,10?,12?,13+,16-/m1111/s1. The van der Waals surface area contributed by atoms with Crippen LogP contribution in [0.3, 0.4) is 0 Å². The average Bonchev–Trinajstić information content (AvgIpc) is 1.64. The maximum absolute atomic E-state index is 12.7. The third-order valence-electron chi connectivity index (χ3n) is 19.6. The first-order valence-corrected chi connectivity index (χ1v) is 35.7. The molecule has 1 aliphatic carbocycles. The van der Waals surface area contributed by atoms with Gasteiger partial charge in [-0.05, 0) is 67.3 Å². The molecule has 0 spiro atoms. The Morgan fingerprint density at radius 2 is 0.771 bits per heavy atom. The number of imidazole rings is 4. The van der Waals surface area contributed by atoms with E-state index in [1.54, 1.807) is 79.2 Å². The number of aliphatic hydroxyl groups excluding tert-OH is 8. The van der Waals surface area contributed by atoms with Gasteiger partial charge < -0.3 is 127 Å². The Morgan fingerprint density at radius 3 is 1.07 bits per heavy atom. The fourth-order valence-electron chi connectivity index (χ4n) is 13.4. The fourth-order valence-corrected chi connectivity index (χ4v) is 13.4. The topological polar surface area (TPSA) is 646 Å². The maximum atomic E-state index is 12.7. The predicted molar refractivity (Wildman–Crippen MR) is 392 cm³/mol. The van der Waals surface area contributed by atoms with E-state index in [0.717, 1.165) is 25.7 Å². The van der Waals surface area contributed by atoms with Gasteiger partial charge in [0.25, 0.3) is 0 Å². The lowest BCUT2D eigenvalue weighted by molar-refractivity contribution is -0.125. The van der Waals surface area contributed by atoms with E-state index in [-0.39, 0.29) is 30.3 Å². The molecule has 28 N–H and O–H groups in total. The van der Waals surface area contributed by atoms with Crippen LogP contribution >= 0.6 is 0 Å². The number of nitrogens with zero attached hydrogens (tertiary/aromatic N) is 12. The number of rotatable bonds is 23. The molecule has 9 aromatic rings. The molecule has 40 heteroatoms. The molecular formula is C69H96N24O16. The van der Waals surface area contributed by atoms with Gasteiger partial charge in [-0.25, -0.2) is 39.9 Å². The van der Waals surface area contributed by atoms with Crippen molar-refractivity contribution in [2.45, 2.75) is 181 Å². The van der Waals surface area contributed by atoms with Crippen molar-refractivity contribution in [3.05, 3.63) is 110 Å². The lowest BCUT2D eigenvalue weighted by Gasteiger charge is -2.25. The quantitative estimate of drug-likeness (QED) is 0.0293. The third-order valence-corrected chi connectivity index (χ3v) is 19.6. The van der Waals surface area contributed by atoms with E-state index in [2.05, 4.69) is 61.1 Å². The number of amides is 4. The zero-order chi connectivity index (χ0) is 78.2. The van der Waals surface area contributed by atoms with Crippen molar-refractivity contribution in [1.29, 1.82) is 0 Å². The number of carbonyl (C=O) groups excluding carboxylic acids is 4. The first-order chi connectivity index (χ1) is 52.3. The summed E-state index contributed by atoms with van der Waals surface area (Å²) in [6.07, 6.45) is 5.56. The minimum absolute atomic E-state index is 0.178. The van der Waals surface area contributed by atoms with E-state index >= 15 is 0 Å². The Hall–Kier alpha value is -9.86. The number of fused-ring (bicyclic) bond motifs is 4. The highest BCUT2D eigenvalue weighted by atomic mass is 16.6. The highest BCUT2D eigenvalue weighted by Gasteiger charge is 2.51. The number of hydrogen-bond acceptors (Lipinski definition) is 32. The van der Waals surface area contributed by atoms with Crippen LogP contribution in [0.4, 0.5) is 22.7 Å². The zero-order valence-electron chi connectivity index (χ0n) is 59.9. The summed E-state index contributed by atoms with van der Waals surface area (Å²) in [5.41, 5.74) is 53.8. The second-order valence-electron chi connectivity index (χ2n) is 27.7. The van der Waals surface area contributed by atoms with Crippen molar-refractivity contribution >= 4 is 91.0 Å². The number of hydrogen-bond donors (Lipinski definition) is 20. The van der Waals surface area contributed by atoms with Gasteiger partial charge in [0, 0.05) is 24.8 Å². The summed E-state index contributed by atoms with van der Waals surface area (Å²) in [5.74, 6) is -1.17. The molecule has 4 aliphatic heterocycles. The second kappa shape index (κ2) is 35.2. The molecule has 0 bridgehead atoms. The van der Waals surface area contributed by atoms with Crippen LogP contribution in [0.25, 0.3) is 44.7 Å². The van der Waals surface area contributed by atoms with Gasteiger partial charge in [-0.15, -0.1) is 0 Å².